The molecule has 20 heavy (non-hydrogen) atoms. The molecule has 1 atom stereocenters. The molecule has 1 unspecified atom stereocenters. The number of aliphatic carboxylic acids is 1. The number of halogens is 1. The van der Waals surface area contributed by atoms with Crippen LogP contribution >= 0.6 is 11.8 Å². The zero-order valence-electron chi connectivity index (χ0n) is 10.6. The maximum Gasteiger partial charge on any atom is 0.328 e. The molecule has 6 heteroatoms. The van der Waals surface area contributed by atoms with Crippen LogP contribution in [0.1, 0.15) is 12.0 Å². The van der Waals surface area contributed by atoms with Gasteiger partial charge in [-0.25, -0.2) is 9.18 Å². The monoisotopic (exact) mass is 295 g/mol. The van der Waals surface area contributed by atoms with E-state index in [4.69, 9.17) is 5.11 Å². The van der Waals surface area contributed by atoms with Gasteiger partial charge in [-0.05, 0) is 35.9 Å². The molecule has 1 saturated heterocycles. The molecule has 0 aromatic heterocycles. The molecule has 0 spiro atoms. The maximum absolute atomic E-state index is 13.8. The third kappa shape index (κ3) is 3.84. The molecule has 0 radical (unpaired) electrons. The third-order valence-corrected chi connectivity index (χ3v) is 4.13. The van der Waals surface area contributed by atoms with Gasteiger partial charge in [0.25, 0.3) is 0 Å². The highest BCUT2D eigenvalue weighted by atomic mass is 32.2. The van der Waals surface area contributed by atoms with Crippen molar-refractivity contribution in [3.63, 3.8) is 0 Å². The van der Waals surface area contributed by atoms with Crippen LogP contribution in [0.25, 0.3) is 6.08 Å². The van der Waals surface area contributed by atoms with E-state index in [1.165, 1.54) is 18.2 Å². The maximum atomic E-state index is 13.8. The standard InChI is InChI=1S/C14H14FNO3S/c15-11-7-9(2-4-13(17)18)1-3-12(11)16-14(19)10-5-6-20-8-10/h1-4,7,10H,5-6,8H2,(H,16,19)(H,17,18). The Kier molecular flexibility index (Phi) is 4.79. The van der Waals surface area contributed by atoms with Crippen LogP contribution in [0.5, 0.6) is 0 Å². The van der Waals surface area contributed by atoms with Gasteiger partial charge in [0.2, 0.25) is 5.91 Å². The summed E-state index contributed by atoms with van der Waals surface area (Å²) in [7, 11) is 0. The fraction of sp³-hybridized carbons (Fsp3) is 0.286. The summed E-state index contributed by atoms with van der Waals surface area (Å²) in [6.45, 7) is 0. The molecule has 1 aromatic rings. The van der Waals surface area contributed by atoms with Crippen LogP contribution in [0, 0.1) is 11.7 Å². The van der Waals surface area contributed by atoms with Crippen LogP contribution in [-0.4, -0.2) is 28.5 Å². The number of nitrogens with one attached hydrogen (secondary N) is 1. The van der Waals surface area contributed by atoms with Crippen molar-refractivity contribution in [3.05, 3.63) is 35.7 Å². The summed E-state index contributed by atoms with van der Waals surface area (Å²) in [5.41, 5.74) is 0.554. The molecule has 0 aliphatic carbocycles. The second-order valence-corrected chi connectivity index (χ2v) is 5.61. The van der Waals surface area contributed by atoms with Crippen molar-refractivity contribution in [3.8, 4) is 0 Å². The van der Waals surface area contributed by atoms with E-state index in [2.05, 4.69) is 5.32 Å². The van der Waals surface area contributed by atoms with E-state index in [1.807, 2.05) is 0 Å². The Morgan fingerprint density at radius 3 is 2.85 bits per heavy atom. The number of carbonyl (C=O) groups is 2. The lowest BCUT2D eigenvalue weighted by Crippen LogP contribution is -2.22. The van der Waals surface area contributed by atoms with Gasteiger partial charge in [0, 0.05) is 17.7 Å². The predicted octanol–water partition coefficient (Wildman–Crippen LogP) is 2.62. The molecule has 1 aromatic carbocycles. The van der Waals surface area contributed by atoms with Crippen molar-refractivity contribution < 1.29 is 19.1 Å². The molecule has 4 nitrogen and oxygen atoms in total. The number of carboxylic acids is 1. The van der Waals surface area contributed by atoms with Gasteiger partial charge >= 0.3 is 5.97 Å². The average molecular weight is 295 g/mol. The smallest absolute Gasteiger partial charge is 0.328 e. The number of thioether (sulfide) groups is 1. The summed E-state index contributed by atoms with van der Waals surface area (Å²) in [5.74, 6) is -0.168. The van der Waals surface area contributed by atoms with Gasteiger partial charge in [-0.1, -0.05) is 6.07 Å². The molecule has 1 heterocycles. The summed E-state index contributed by atoms with van der Waals surface area (Å²) < 4.78 is 13.8. The van der Waals surface area contributed by atoms with Crippen molar-refractivity contribution >= 4 is 35.4 Å². The topological polar surface area (TPSA) is 66.4 Å². The van der Waals surface area contributed by atoms with Crippen LogP contribution in [-0.2, 0) is 9.59 Å². The fourth-order valence-corrected chi connectivity index (χ4v) is 3.10. The zero-order valence-corrected chi connectivity index (χ0v) is 11.5. The van der Waals surface area contributed by atoms with Gasteiger partial charge in [0.15, 0.2) is 0 Å². The SMILES string of the molecule is O=C(O)C=Cc1ccc(NC(=O)C2CCSC2)c(F)c1. The van der Waals surface area contributed by atoms with E-state index >= 15 is 0 Å². The molecular formula is C14H14FNO3S. The second-order valence-electron chi connectivity index (χ2n) is 4.46. The van der Waals surface area contributed by atoms with Gasteiger partial charge in [-0.2, -0.15) is 11.8 Å². The Morgan fingerprint density at radius 2 is 2.25 bits per heavy atom. The average Bonchev–Trinajstić information content (AvgIpc) is 2.93. The van der Waals surface area contributed by atoms with Gasteiger partial charge < -0.3 is 10.4 Å². The van der Waals surface area contributed by atoms with Gasteiger partial charge in [0.05, 0.1) is 5.69 Å². The first-order valence-corrected chi connectivity index (χ1v) is 7.31. The van der Waals surface area contributed by atoms with E-state index in [0.717, 1.165) is 24.0 Å². The lowest BCUT2D eigenvalue weighted by atomic mass is 10.1. The van der Waals surface area contributed by atoms with E-state index < -0.39 is 11.8 Å². The minimum atomic E-state index is -1.10. The summed E-state index contributed by atoms with van der Waals surface area (Å²) in [6, 6.07) is 4.19. The number of carbonyl (C=O) groups excluding carboxylic acids is 1. The van der Waals surface area contributed by atoms with Crippen molar-refractivity contribution in [1.29, 1.82) is 0 Å². The normalized spacial score (nSPS) is 18.4. The van der Waals surface area contributed by atoms with Crippen LogP contribution in [0.15, 0.2) is 24.3 Å². The van der Waals surface area contributed by atoms with Crippen LogP contribution < -0.4 is 5.32 Å². The molecular weight excluding hydrogens is 281 g/mol. The predicted molar refractivity (Wildman–Crippen MR) is 77.1 cm³/mol. The first-order chi connectivity index (χ1) is 9.56. The van der Waals surface area contributed by atoms with Gasteiger partial charge in [-0.15, -0.1) is 0 Å². The molecule has 0 bridgehead atoms. The number of hydrogen-bond acceptors (Lipinski definition) is 3. The number of rotatable bonds is 4. The minimum Gasteiger partial charge on any atom is -0.478 e. The molecule has 1 fully saturated rings. The van der Waals surface area contributed by atoms with Crippen molar-refractivity contribution in [1.82, 2.24) is 0 Å². The van der Waals surface area contributed by atoms with Gasteiger partial charge in [0.1, 0.15) is 5.82 Å². The van der Waals surface area contributed by atoms with Crippen LogP contribution in [0.3, 0.4) is 0 Å². The summed E-state index contributed by atoms with van der Waals surface area (Å²) >= 11 is 1.72. The lowest BCUT2D eigenvalue weighted by Gasteiger charge is -2.10. The first kappa shape index (κ1) is 14.6. The van der Waals surface area contributed by atoms with Crippen LogP contribution in [0.2, 0.25) is 0 Å². The number of benzene rings is 1. The van der Waals surface area contributed by atoms with Crippen LogP contribution in [0.4, 0.5) is 10.1 Å². The minimum absolute atomic E-state index is 0.0639. The molecule has 2 N–H and O–H groups in total. The Balaban J connectivity index is 2.05. The van der Waals surface area contributed by atoms with Gasteiger partial charge in [-0.3, -0.25) is 4.79 Å². The zero-order chi connectivity index (χ0) is 14.5. The van der Waals surface area contributed by atoms with Crippen molar-refractivity contribution in [2.45, 2.75) is 6.42 Å². The van der Waals surface area contributed by atoms with E-state index in [9.17, 15) is 14.0 Å². The third-order valence-electron chi connectivity index (χ3n) is 2.97. The summed E-state index contributed by atoms with van der Waals surface area (Å²) in [5, 5.41) is 11.1. The Labute approximate surface area is 120 Å². The quantitative estimate of drug-likeness (QED) is 0.838. The second kappa shape index (κ2) is 6.56. The fourth-order valence-electron chi connectivity index (χ4n) is 1.88. The molecule has 106 valence electrons. The number of anilines is 1. The highest BCUT2D eigenvalue weighted by molar-refractivity contribution is 7.99. The Hall–Kier alpha value is -1.82. The van der Waals surface area contributed by atoms with Crippen molar-refractivity contribution in [2.75, 3.05) is 16.8 Å². The summed E-state index contributed by atoms with van der Waals surface area (Å²) in [6.07, 6.45) is 3.05. The molecule has 1 aliphatic heterocycles. The molecule has 1 aliphatic rings. The first-order valence-electron chi connectivity index (χ1n) is 6.15. The number of carboxylic acid groups (broad SMARTS) is 1. The molecule has 1 amide bonds. The highest BCUT2D eigenvalue weighted by Crippen LogP contribution is 2.25. The van der Waals surface area contributed by atoms with E-state index in [0.29, 0.717) is 5.56 Å². The Morgan fingerprint density at radius 1 is 1.45 bits per heavy atom. The number of amides is 1. The lowest BCUT2D eigenvalue weighted by molar-refractivity contribution is -0.131. The van der Waals surface area contributed by atoms with E-state index in [-0.39, 0.29) is 17.5 Å². The molecule has 0 saturated carbocycles. The Bertz CT molecular complexity index is 553. The van der Waals surface area contributed by atoms with Crippen molar-refractivity contribution in [2.24, 2.45) is 5.92 Å². The number of hydrogen-bond donors (Lipinski definition) is 2. The van der Waals surface area contributed by atoms with E-state index in [1.54, 1.807) is 17.8 Å². The molecule has 2 rings (SSSR count). The highest BCUT2D eigenvalue weighted by Gasteiger charge is 2.23. The summed E-state index contributed by atoms with van der Waals surface area (Å²) in [4.78, 5) is 22.3. The largest absolute Gasteiger partial charge is 0.478 e.